The van der Waals surface area contributed by atoms with E-state index in [2.05, 4.69) is 13.8 Å². The molecule has 19 heavy (non-hydrogen) atoms. The third kappa shape index (κ3) is 2.93. The van der Waals surface area contributed by atoms with Crippen molar-refractivity contribution in [2.75, 3.05) is 6.54 Å². The maximum absolute atomic E-state index is 12.4. The number of carboxylic acids is 1. The van der Waals surface area contributed by atoms with Crippen molar-refractivity contribution in [2.24, 2.45) is 11.3 Å². The van der Waals surface area contributed by atoms with Crippen molar-refractivity contribution in [3.8, 4) is 0 Å². The van der Waals surface area contributed by atoms with Gasteiger partial charge in [-0.15, -0.1) is 0 Å². The normalized spacial score (nSPS) is 30.3. The second-order valence-corrected chi connectivity index (χ2v) is 6.56. The van der Waals surface area contributed by atoms with Crippen LogP contribution in [0.4, 0.5) is 0 Å². The van der Waals surface area contributed by atoms with E-state index in [-0.39, 0.29) is 18.4 Å². The number of nitrogens with zero attached hydrogens (tertiary/aromatic N) is 1. The van der Waals surface area contributed by atoms with E-state index >= 15 is 0 Å². The molecule has 1 amide bonds. The fourth-order valence-electron chi connectivity index (χ4n) is 3.73. The molecule has 0 spiro atoms. The zero-order valence-electron chi connectivity index (χ0n) is 12.0. The summed E-state index contributed by atoms with van der Waals surface area (Å²) in [6, 6.07) is 0.261. The second-order valence-electron chi connectivity index (χ2n) is 6.56. The quantitative estimate of drug-likeness (QED) is 0.855. The first kappa shape index (κ1) is 14.4. The van der Waals surface area contributed by atoms with Crippen LogP contribution < -0.4 is 0 Å². The van der Waals surface area contributed by atoms with Crippen molar-refractivity contribution in [2.45, 2.75) is 64.8 Å². The maximum atomic E-state index is 12.4. The maximum Gasteiger partial charge on any atom is 0.310 e. The molecular formula is C15H25NO3. The van der Waals surface area contributed by atoms with E-state index in [1.807, 2.05) is 4.90 Å². The van der Waals surface area contributed by atoms with Crippen LogP contribution in [0.1, 0.15) is 58.8 Å². The molecule has 1 heterocycles. The fraction of sp³-hybridized carbons (Fsp3) is 0.867. The van der Waals surface area contributed by atoms with Crippen LogP contribution in [-0.2, 0) is 9.59 Å². The van der Waals surface area contributed by atoms with Gasteiger partial charge in [-0.1, -0.05) is 26.2 Å². The van der Waals surface area contributed by atoms with Crippen LogP contribution in [-0.4, -0.2) is 34.5 Å². The lowest BCUT2D eigenvalue weighted by Gasteiger charge is -2.34. The Hall–Kier alpha value is -1.06. The Morgan fingerprint density at radius 3 is 2.32 bits per heavy atom. The molecule has 1 aliphatic heterocycles. The lowest BCUT2D eigenvalue weighted by Crippen LogP contribution is -2.42. The Morgan fingerprint density at radius 1 is 1.21 bits per heavy atom. The predicted molar refractivity (Wildman–Crippen MR) is 72.7 cm³/mol. The van der Waals surface area contributed by atoms with Crippen molar-refractivity contribution in [1.29, 1.82) is 0 Å². The Labute approximate surface area is 115 Å². The SMILES string of the molecule is CC1CC(C)N(C(=O)CC2(C(=O)O)CCCCC2)C1. The first-order valence-electron chi connectivity index (χ1n) is 7.47. The van der Waals surface area contributed by atoms with Gasteiger partial charge in [-0.3, -0.25) is 9.59 Å². The first-order valence-corrected chi connectivity index (χ1v) is 7.47. The second kappa shape index (κ2) is 5.51. The molecule has 1 aliphatic carbocycles. The molecule has 4 nitrogen and oxygen atoms in total. The summed E-state index contributed by atoms with van der Waals surface area (Å²) in [4.78, 5) is 25.9. The summed E-state index contributed by atoms with van der Waals surface area (Å²) in [5.74, 6) is -0.201. The average molecular weight is 267 g/mol. The summed E-state index contributed by atoms with van der Waals surface area (Å²) in [6.45, 7) is 5.00. The molecule has 2 rings (SSSR count). The Bertz CT molecular complexity index is 360. The minimum Gasteiger partial charge on any atom is -0.481 e. The number of hydrogen-bond donors (Lipinski definition) is 1. The minimum absolute atomic E-state index is 0.0427. The van der Waals surface area contributed by atoms with Crippen molar-refractivity contribution >= 4 is 11.9 Å². The number of carbonyl (C=O) groups is 2. The van der Waals surface area contributed by atoms with Gasteiger partial charge in [-0.05, 0) is 32.1 Å². The van der Waals surface area contributed by atoms with Gasteiger partial charge < -0.3 is 10.0 Å². The molecule has 2 unspecified atom stereocenters. The van der Waals surface area contributed by atoms with E-state index < -0.39 is 11.4 Å². The molecule has 1 N–H and O–H groups in total. The topological polar surface area (TPSA) is 57.6 Å². The van der Waals surface area contributed by atoms with Crippen LogP contribution in [0.15, 0.2) is 0 Å². The smallest absolute Gasteiger partial charge is 0.310 e. The van der Waals surface area contributed by atoms with Crippen molar-refractivity contribution < 1.29 is 14.7 Å². The summed E-state index contributed by atoms with van der Waals surface area (Å²) in [5, 5.41) is 9.53. The van der Waals surface area contributed by atoms with E-state index in [1.165, 1.54) is 0 Å². The molecule has 0 aromatic rings. The molecule has 108 valence electrons. The van der Waals surface area contributed by atoms with Gasteiger partial charge in [0.25, 0.3) is 0 Å². The zero-order chi connectivity index (χ0) is 14.0. The van der Waals surface area contributed by atoms with E-state index in [9.17, 15) is 14.7 Å². The van der Waals surface area contributed by atoms with Crippen LogP contribution in [0.25, 0.3) is 0 Å². The van der Waals surface area contributed by atoms with Gasteiger partial charge in [0.1, 0.15) is 0 Å². The molecule has 0 radical (unpaired) electrons. The third-order valence-corrected chi connectivity index (χ3v) is 4.86. The largest absolute Gasteiger partial charge is 0.481 e. The molecule has 2 aliphatic rings. The lowest BCUT2D eigenvalue weighted by atomic mass is 9.71. The van der Waals surface area contributed by atoms with Crippen LogP contribution >= 0.6 is 0 Å². The lowest BCUT2D eigenvalue weighted by molar-refractivity contribution is -0.156. The number of carboxylic acid groups (broad SMARTS) is 1. The van der Waals surface area contributed by atoms with Gasteiger partial charge in [0.15, 0.2) is 0 Å². The fourth-order valence-corrected chi connectivity index (χ4v) is 3.73. The van der Waals surface area contributed by atoms with E-state index in [0.29, 0.717) is 18.8 Å². The molecule has 2 fully saturated rings. The van der Waals surface area contributed by atoms with Gasteiger partial charge in [0.05, 0.1) is 5.41 Å². The van der Waals surface area contributed by atoms with Crippen molar-refractivity contribution in [1.82, 2.24) is 4.90 Å². The van der Waals surface area contributed by atoms with Gasteiger partial charge in [0.2, 0.25) is 5.91 Å². The summed E-state index contributed by atoms with van der Waals surface area (Å²) < 4.78 is 0. The molecule has 1 saturated carbocycles. The monoisotopic (exact) mass is 267 g/mol. The predicted octanol–water partition coefficient (Wildman–Crippen LogP) is 2.67. The number of amides is 1. The third-order valence-electron chi connectivity index (χ3n) is 4.86. The Balaban J connectivity index is 2.05. The number of hydrogen-bond acceptors (Lipinski definition) is 2. The number of aliphatic carboxylic acids is 1. The van der Waals surface area contributed by atoms with Gasteiger partial charge in [-0.2, -0.15) is 0 Å². The van der Waals surface area contributed by atoms with E-state index in [0.717, 1.165) is 32.2 Å². The Morgan fingerprint density at radius 2 is 1.84 bits per heavy atom. The molecule has 2 atom stereocenters. The molecule has 0 aromatic heterocycles. The first-order chi connectivity index (χ1) is 8.94. The highest BCUT2D eigenvalue weighted by Crippen LogP contribution is 2.40. The standard InChI is InChI=1S/C15H25NO3/c1-11-8-12(2)16(10-11)13(17)9-15(14(18)19)6-4-3-5-7-15/h11-12H,3-10H2,1-2H3,(H,18,19). The summed E-state index contributed by atoms with van der Waals surface area (Å²) in [5.41, 5.74) is -0.791. The van der Waals surface area contributed by atoms with Gasteiger partial charge >= 0.3 is 5.97 Å². The van der Waals surface area contributed by atoms with Gasteiger partial charge in [0, 0.05) is 19.0 Å². The summed E-state index contributed by atoms with van der Waals surface area (Å²) >= 11 is 0. The number of rotatable bonds is 3. The summed E-state index contributed by atoms with van der Waals surface area (Å²) in [6.07, 6.45) is 5.51. The van der Waals surface area contributed by atoms with Crippen molar-refractivity contribution in [3.05, 3.63) is 0 Å². The highest BCUT2D eigenvalue weighted by Gasteiger charge is 2.43. The number of likely N-dealkylation sites (tertiary alicyclic amines) is 1. The van der Waals surface area contributed by atoms with Crippen LogP contribution in [0, 0.1) is 11.3 Å². The molecule has 1 saturated heterocycles. The Kier molecular flexibility index (Phi) is 4.16. The highest BCUT2D eigenvalue weighted by atomic mass is 16.4. The molecule has 0 bridgehead atoms. The average Bonchev–Trinajstić information content (AvgIpc) is 2.69. The molecule has 4 heteroatoms. The molecule has 0 aromatic carbocycles. The number of carbonyl (C=O) groups excluding carboxylic acids is 1. The minimum atomic E-state index is -0.791. The van der Waals surface area contributed by atoms with Crippen molar-refractivity contribution in [3.63, 3.8) is 0 Å². The van der Waals surface area contributed by atoms with E-state index in [1.54, 1.807) is 0 Å². The van der Waals surface area contributed by atoms with Crippen LogP contribution in [0.3, 0.4) is 0 Å². The van der Waals surface area contributed by atoms with Gasteiger partial charge in [-0.25, -0.2) is 0 Å². The van der Waals surface area contributed by atoms with E-state index in [4.69, 9.17) is 0 Å². The zero-order valence-corrected chi connectivity index (χ0v) is 12.0. The van der Waals surface area contributed by atoms with Crippen LogP contribution in [0.5, 0.6) is 0 Å². The molecular weight excluding hydrogens is 242 g/mol. The highest BCUT2D eigenvalue weighted by molar-refractivity contribution is 5.85. The summed E-state index contributed by atoms with van der Waals surface area (Å²) in [7, 11) is 0. The van der Waals surface area contributed by atoms with Crippen LogP contribution in [0.2, 0.25) is 0 Å².